The third-order valence-electron chi connectivity index (χ3n) is 5.63. The fourth-order valence-corrected chi connectivity index (χ4v) is 3.96. The van der Waals surface area contributed by atoms with E-state index in [1.807, 2.05) is 64.2 Å². The largest absolute Gasteiger partial charge is 0.496 e. The number of hydrogen-bond donors (Lipinski definition) is 1. The van der Waals surface area contributed by atoms with Crippen LogP contribution in [0.5, 0.6) is 5.75 Å². The number of halogens is 3. The maximum absolute atomic E-state index is 13.2. The zero-order valence-electron chi connectivity index (χ0n) is 19.1. The van der Waals surface area contributed by atoms with Crippen molar-refractivity contribution < 1.29 is 32.6 Å². The highest BCUT2D eigenvalue weighted by Crippen LogP contribution is 2.38. The summed E-state index contributed by atoms with van der Waals surface area (Å²) in [5.74, 6) is -2.12. The number of aromatic nitrogens is 3. The topological polar surface area (TPSA) is 97.0 Å². The van der Waals surface area contributed by atoms with Crippen LogP contribution in [0, 0.1) is 0 Å². The van der Waals surface area contributed by atoms with E-state index in [1.165, 1.54) is 0 Å². The molecule has 8 nitrogen and oxygen atoms in total. The van der Waals surface area contributed by atoms with Crippen LogP contribution in [-0.4, -0.2) is 56.1 Å². The van der Waals surface area contributed by atoms with E-state index in [1.54, 1.807) is 19.5 Å². The predicted octanol–water partition coefficient (Wildman–Crippen LogP) is 4.24. The Morgan fingerprint density at radius 3 is 2.50 bits per heavy atom. The van der Waals surface area contributed by atoms with Crippen LogP contribution >= 0.6 is 0 Å². The average molecular weight is 498 g/mol. The van der Waals surface area contributed by atoms with E-state index in [0.29, 0.717) is 30.8 Å². The number of benzene rings is 1. The van der Waals surface area contributed by atoms with Gasteiger partial charge in [0.25, 0.3) is 5.91 Å². The first-order valence-electron chi connectivity index (χ1n) is 10.8. The summed E-state index contributed by atoms with van der Waals surface area (Å²) >= 11 is 0. The van der Waals surface area contributed by atoms with Crippen molar-refractivity contribution in [3.05, 3.63) is 84.1 Å². The zero-order valence-corrected chi connectivity index (χ0v) is 19.1. The highest BCUT2D eigenvalue weighted by Gasteiger charge is 2.38. The summed E-state index contributed by atoms with van der Waals surface area (Å²) in [6, 6.07) is 13.7. The number of methoxy groups -OCH3 is 1. The van der Waals surface area contributed by atoms with Crippen molar-refractivity contribution in [1.82, 2.24) is 19.3 Å². The molecule has 0 unspecified atom stereocenters. The molecule has 3 aromatic heterocycles. The molecule has 0 saturated heterocycles. The third kappa shape index (κ3) is 5.14. The lowest BCUT2D eigenvalue weighted by molar-refractivity contribution is -0.192. The lowest BCUT2D eigenvalue weighted by atomic mass is 9.97. The summed E-state index contributed by atoms with van der Waals surface area (Å²) in [4.78, 5) is 32.7. The van der Waals surface area contributed by atoms with Gasteiger partial charge in [-0.05, 0) is 47.0 Å². The first kappa shape index (κ1) is 24.7. The van der Waals surface area contributed by atoms with Crippen LogP contribution in [0.25, 0.3) is 16.8 Å². The van der Waals surface area contributed by atoms with Crippen molar-refractivity contribution in [2.24, 2.45) is 0 Å². The molecule has 186 valence electrons. The molecular weight excluding hydrogens is 477 g/mol. The van der Waals surface area contributed by atoms with E-state index in [0.717, 1.165) is 28.0 Å². The van der Waals surface area contributed by atoms with Gasteiger partial charge >= 0.3 is 12.1 Å². The fourth-order valence-electron chi connectivity index (χ4n) is 3.96. The minimum Gasteiger partial charge on any atom is -0.496 e. The number of amides is 1. The lowest BCUT2D eigenvalue weighted by Crippen LogP contribution is -2.26. The highest BCUT2D eigenvalue weighted by atomic mass is 19.4. The van der Waals surface area contributed by atoms with Crippen LogP contribution < -0.4 is 4.74 Å². The number of carbonyl (C=O) groups is 2. The van der Waals surface area contributed by atoms with Crippen molar-refractivity contribution in [1.29, 1.82) is 0 Å². The Morgan fingerprint density at radius 1 is 1.14 bits per heavy atom. The number of fused-ring (bicyclic) bond motifs is 2. The number of imidazole rings is 1. The van der Waals surface area contributed by atoms with E-state index in [-0.39, 0.29) is 5.91 Å². The van der Waals surface area contributed by atoms with Gasteiger partial charge in [-0.15, -0.1) is 0 Å². The Hall–Kier alpha value is -4.41. The van der Waals surface area contributed by atoms with Gasteiger partial charge in [0.1, 0.15) is 11.4 Å². The molecule has 0 fully saturated rings. The molecule has 1 amide bonds. The molecule has 0 atom stereocenters. The minimum atomic E-state index is -5.08. The number of carboxylic acids is 1. The molecule has 0 saturated carbocycles. The average Bonchev–Trinajstić information content (AvgIpc) is 3.43. The van der Waals surface area contributed by atoms with E-state index in [2.05, 4.69) is 9.97 Å². The SMILES string of the molecule is COc1ccc(-c2ccncc2)c2c1C(=O)N(CCc1cn3ccccc3n1)C2.O=C(O)C(F)(F)F. The van der Waals surface area contributed by atoms with Crippen LogP contribution in [-0.2, 0) is 17.8 Å². The van der Waals surface area contributed by atoms with Crippen molar-refractivity contribution in [3.8, 4) is 16.9 Å². The van der Waals surface area contributed by atoms with Gasteiger partial charge in [-0.25, -0.2) is 9.78 Å². The van der Waals surface area contributed by atoms with Gasteiger partial charge in [-0.1, -0.05) is 12.1 Å². The third-order valence-corrected chi connectivity index (χ3v) is 5.63. The van der Waals surface area contributed by atoms with Gasteiger partial charge in [-0.2, -0.15) is 13.2 Å². The molecule has 36 heavy (non-hydrogen) atoms. The second-order valence-corrected chi connectivity index (χ2v) is 7.88. The Kier molecular flexibility index (Phi) is 6.91. The molecule has 1 aliphatic rings. The molecule has 1 N–H and O–H groups in total. The normalized spacial score (nSPS) is 12.8. The summed E-state index contributed by atoms with van der Waals surface area (Å²) in [5, 5.41) is 7.12. The molecule has 0 spiro atoms. The standard InChI is InChI=1S/C23H20N4O2.C2HF3O2/c1-29-20-6-5-18(16-7-10-24-11-8-16)19-15-27(23(28)22(19)20)13-9-17-14-26-12-3-2-4-21(26)25-17;3-2(4,5)1(6)7/h2-8,10-12,14H,9,13,15H2,1H3;(H,6,7). The zero-order chi connectivity index (χ0) is 25.9. The van der Waals surface area contributed by atoms with Crippen molar-refractivity contribution >= 4 is 17.5 Å². The van der Waals surface area contributed by atoms with Gasteiger partial charge < -0.3 is 19.1 Å². The van der Waals surface area contributed by atoms with Gasteiger partial charge in [0.15, 0.2) is 0 Å². The van der Waals surface area contributed by atoms with Gasteiger partial charge in [-0.3, -0.25) is 9.78 Å². The summed E-state index contributed by atoms with van der Waals surface area (Å²) in [6.45, 7) is 1.17. The first-order chi connectivity index (χ1) is 17.2. The molecule has 0 aliphatic carbocycles. The molecule has 1 aromatic carbocycles. The summed E-state index contributed by atoms with van der Waals surface area (Å²) in [5.41, 5.74) is 5.66. The first-order valence-corrected chi connectivity index (χ1v) is 10.8. The number of aliphatic carboxylic acids is 1. The smallest absolute Gasteiger partial charge is 0.490 e. The Balaban J connectivity index is 0.000000384. The van der Waals surface area contributed by atoms with Crippen LogP contribution in [0.15, 0.2) is 67.3 Å². The molecule has 1 aliphatic heterocycles. The fraction of sp³-hybridized carbons (Fsp3) is 0.200. The number of hydrogen-bond acceptors (Lipinski definition) is 5. The van der Waals surface area contributed by atoms with Gasteiger partial charge in [0.2, 0.25) is 0 Å². The molecule has 0 bridgehead atoms. The Morgan fingerprint density at radius 2 is 1.86 bits per heavy atom. The second kappa shape index (κ2) is 10.1. The molecule has 4 heterocycles. The second-order valence-electron chi connectivity index (χ2n) is 7.88. The molecule has 4 aromatic rings. The Bertz CT molecular complexity index is 1370. The number of ether oxygens (including phenoxy) is 1. The number of rotatable bonds is 5. The van der Waals surface area contributed by atoms with E-state index in [9.17, 15) is 18.0 Å². The molecule has 0 radical (unpaired) electrons. The summed E-state index contributed by atoms with van der Waals surface area (Å²) in [7, 11) is 1.61. The maximum Gasteiger partial charge on any atom is 0.490 e. The molecular formula is C25H21F3N4O4. The highest BCUT2D eigenvalue weighted by molar-refractivity contribution is 6.03. The summed E-state index contributed by atoms with van der Waals surface area (Å²) in [6.07, 6.45) is 3.16. The Labute approximate surface area is 203 Å². The van der Waals surface area contributed by atoms with Crippen molar-refractivity contribution in [2.75, 3.05) is 13.7 Å². The van der Waals surface area contributed by atoms with Crippen molar-refractivity contribution in [2.45, 2.75) is 19.1 Å². The number of carboxylic acid groups (broad SMARTS) is 1. The minimum absolute atomic E-state index is 0.0107. The van der Waals surface area contributed by atoms with E-state index in [4.69, 9.17) is 14.6 Å². The lowest BCUT2D eigenvalue weighted by Gasteiger charge is -2.14. The molecule has 11 heteroatoms. The van der Waals surface area contributed by atoms with E-state index >= 15 is 0 Å². The number of carbonyl (C=O) groups excluding carboxylic acids is 1. The quantitative estimate of drug-likeness (QED) is 0.442. The van der Waals surface area contributed by atoms with Crippen LogP contribution in [0.3, 0.4) is 0 Å². The predicted molar refractivity (Wildman–Crippen MR) is 124 cm³/mol. The maximum atomic E-state index is 13.2. The number of pyridine rings is 2. The van der Waals surface area contributed by atoms with Crippen molar-refractivity contribution in [3.63, 3.8) is 0 Å². The number of alkyl halides is 3. The van der Waals surface area contributed by atoms with Crippen LogP contribution in [0.2, 0.25) is 0 Å². The number of nitrogens with zero attached hydrogens (tertiary/aromatic N) is 4. The van der Waals surface area contributed by atoms with E-state index < -0.39 is 12.1 Å². The molecule has 5 rings (SSSR count). The van der Waals surface area contributed by atoms with Crippen LogP contribution in [0.1, 0.15) is 21.6 Å². The van der Waals surface area contributed by atoms with Crippen LogP contribution in [0.4, 0.5) is 13.2 Å². The van der Waals surface area contributed by atoms with Gasteiger partial charge in [0, 0.05) is 44.3 Å². The monoisotopic (exact) mass is 498 g/mol. The van der Waals surface area contributed by atoms with Gasteiger partial charge in [0.05, 0.1) is 18.4 Å². The summed E-state index contributed by atoms with van der Waals surface area (Å²) < 4.78 is 39.2.